The molecule has 3 nitrogen and oxygen atoms in total. The number of benzene rings is 8. The molecule has 2 aliphatic heterocycles. The lowest BCUT2D eigenvalue weighted by Crippen LogP contribution is -2.79. The van der Waals surface area contributed by atoms with Crippen LogP contribution < -0.4 is 30.5 Å². The van der Waals surface area contributed by atoms with E-state index < -0.39 is 8.07 Å². The van der Waals surface area contributed by atoms with Gasteiger partial charge in [0.15, 0.2) is 8.07 Å². The molecule has 0 N–H and O–H groups in total. The molecule has 0 radical (unpaired) electrons. The molecular formula is C48H31N3Si. The molecule has 4 heterocycles. The second-order valence-electron chi connectivity index (χ2n) is 14.1. The SMILES string of the molecule is c1ccc(N2c3ccccc3[Si]3(c4ccccc42)c2ccccc2N(c2cc4c5ccccc5n5c6ccccc6c(c2)c45)c2ccccc23)cc1. The third kappa shape index (κ3) is 3.40. The lowest BCUT2D eigenvalue weighted by Gasteiger charge is -2.50. The van der Waals surface area contributed by atoms with Gasteiger partial charge in [-0.1, -0.05) is 127 Å². The van der Waals surface area contributed by atoms with Gasteiger partial charge in [-0.25, -0.2) is 0 Å². The average molecular weight is 678 g/mol. The van der Waals surface area contributed by atoms with Crippen molar-refractivity contribution in [3.05, 3.63) is 188 Å². The summed E-state index contributed by atoms with van der Waals surface area (Å²) in [5, 5.41) is 10.8. The number of anilines is 6. The first-order chi connectivity index (χ1) is 25.8. The first-order valence-electron chi connectivity index (χ1n) is 18.0. The predicted octanol–water partition coefficient (Wildman–Crippen LogP) is 9.78. The fourth-order valence-electron chi connectivity index (χ4n) is 9.77. The van der Waals surface area contributed by atoms with E-state index in [-0.39, 0.29) is 0 Å². The maximum Gasteiger partial charge on any atom is 0.188 e. The Hall–Kier alpha value is -6.62. The van der Waals surface area contributed by atoms with Crippen LogP contribution in [0.5, 0.6) is 0 Å². The Morgan fingerprint density at radius 2 is 0.673 bits per heavy atom. The molecule has 2 aromatic heterocycles. The Morgan fingerprint density at radius 1 is 0.308 bits per heavy atom. The number of hydrogen-bond acceptors (Lipinski definition) is 2. The Morgan fingerprint density at radius 3 is 1.13 bits per heavy atom. The van der Waals surface area contributed by atoms with Crippen molar-refractivity contribution in [1.29, 1.82) is 0 Å². The first-order valence-corrected chi connectivity index (χ1v) is 20.0. The van der Waals surface area contributed by atoms with Gasteiger partial charge in [0.1, 0.15) is 0 Å². The van der Waals surface area contributed by atoms with Crippen LogP contribution in [0.25, 0.3) is 38.1 Å². The zero-order chi connectivity index (χ0) is 34.0. The van der Waals surface area contributed by atoms with Crippen molar-refractivity contribution in [2.75, 3.05) is 9.80 Å². The van der Waals surface area contributed by atoms with Crippen LogP contribution in [0.15, 0.2) is 188 Å². The van der Waals surface area contributed by atoms with E-state index >= 15 is 0 Å². The molecule has 1 spiro atoms. The summed E-state index contributed by atoms with van der Waals surface area (Å²) in [4.78, 5) is 5.03. The van der Waals surface area contributed by atoms with Gasteiger partial charge >= 0.3 is 0 Å². The second kappa shape index (κ2) is 10.2. The molecule has 4 heteroatoms. The smallest absolute Gasteiger partial charge is 0.188 e. The number of hydrogen-bond donors (Lipinski definition) is 0. The van der Waals surface area contributed by atoms with Crippen LogP contribution in [0.2, 0.25) is 0 Å². The maximum absolute atomic E-state index is 2.84. The van der Waals surface area contributed by atoms with Crippen LogP contribution in [0.4, 0.5) is 34.1 Å². The molecule has 0 fully saturated rings. The summed E-state index contributed by atoms with van der Waals surface area (Å²) in [6.07, 6.45) is 0. The lowest BCUT2D eigenvalue weighted by atomic mass is 10.1. The van der Waals surface area contributed by atoms with E-state index in [1.165, 1.54) is 93.0 Å². The Bertz CT molecular complexity index is 2870. The van der Waals surface area contributed by atoms with Crippen molar-refractivity contribution < 1.29 is 0 Å². The molecule has 0 aliphatic carbocycles. The highest BCUT2D eigenvalue weighted by atomic mass is 28.3. The van der Waals surface area contributed by atoms with Gasteiger partial charge in [-0.3, -0.25) is 0 Å². The molecule has 52 heavy (non-hydrogen) atoms. The molecule has 8 aromatic carbocycles. The number of para-hydroxylation sites is 7. The number of rotatable bonds is 2. The monoisotopic (exact) mass is 677 g/mol. The van der Waals surface area contributed by atoms with E-state index in [1.807, 2.05) is 0 Å². The van der Waals surface area contributed by atoms with Crippen LogP contribution in [0, 0.1) is 0 Å². The predicted molar refractivity (Wildman–Crippen MR) is 221 cm³/mol. The third-order valence-corrected chi connectivity index (χ3v) is 16.6. The van der Waals surface area contributed by atoms with Gasteiger partial charge in [-0.05, 0) is 81.4 Å². The molecule has 0 saturated heterocycles. The van der Waals surface area contributed by atoms with Crippen LogP contribution in [-0.2, 0) is 0 Å². The van der Waals surface area contributed by atoms with Crippen LogP contribution in [0.3, 0.4) is 0 Å². The van der Waals surface area contributed by atoms with Gasteiger partial charge in [-0.2, -0.15) is 0 Å². The minimum Gasteiger partial charge on any atom is -0.311 e. The maximum atomic E-state index is 2.56. The summed E-state index contributed by atoms with van der Waals surface area (Å²) in [6.45, 7) is 0. The minimum atomic E-state index is -2.84. The zero-order valence-corrected chi connectivity index (χ0v) is 29.2. The van der Waals surface area contributed by atoms with E-state index in [2.05, 4.69) is 202 Å². The quantitative estimate of drug-likeness (QED) is 0.169. The van der Waals surface area contributed by atoms with Gasteiger partial charge in [0, 0.05) is 55.7 Å². The summed E-state index contributed by atoms with van der Waals surface area (Å²) >= 11 is 0. The molecule has 0 atom stereocenters. The van der Waals surface area contributed by atoms with Gasteiger partial charge in [0.2, 0.25) is 0 Å². The van der Waals surface area contributed by atoms with E-state index in [0.29, 0.717) is 0 Å². The third-order valence-electron chi connectivity index (χ3n) is 11.7. The Kier molecular flexibility index (Phi) is 5.53. The van der Waals surface area contributed by atoms with Gasteiger partial charge in [0.05, 0.1) is 16.6 Å². The molecule has 0 amide bonds. The zero-order valence-electron chi connectivity index (χ0n) is 28.2. The van der Waals surface area contributed by atoms with Crippen molar-refractivity contribution >= 4 is 101 Å². The van der Waals surface area contributed by atoms with E-state index in [9.17, 15) is 0 Å². The van der Waals surface area contributed by atoms with Gasteiger partial charge < -0.3 is 14.2 Å². The summed E-state index contributed by atoms with van der Waals surface area (Å²) < 4.78 is 2.47. The van der Waals surface area contributed by atoms with Gasteiger partial charge in [-0.15, -0.1) is 0 Å². The molecule has 0 bridgehead atoms. The number of aromatic nitrogens is 1. The number of fused-ring (bicyclic) bond motifs is 14. The topological polar surface area (TPSA) is 10.9 Å². The summed E-state index contributed by atoms with van der Waals surface area (Å²) in [7, 11) is -2.84. The second-order valence-corrected chi connectivity index (χ2v) is 17.7. The van der Waals surface area contributed by atoms with Crippen LogP contribution in [0.1, 0.15) is 0 Å². The summed E-state index contributed by atoms with van der Waals surface area (Å²) in [5.74, 6) is 0. The largest absolute Gasteiger partial charge is 0.311 e. The highest BCUT2D eigenvalue weighted by Crippen LogP contribution is 2.47. The molecule has 2 aliphatic rings. The molecule has 12 rings (SSSR count). The fraction of sp³-hybridized carbons (Fsp3) is 0. The fourth-order valence-corrected chi connectivity index (χ4v) is 15.2. The molecule has 10 aromatic rings. The Labute approximate surface area is 302 Å². The van der Waals surface area contributed by atoms with E-state index in [4.69, 9.17) is 0 Å². The first kappa shape index (κ1) is 28.1. The highest BCUT2D eigenvalue weighted by molar-refractivity contribution is 7.23. The minimum absolute atomic E-state index is 1.18. The van der Waals surface area contributed by atoms with Crippen molar-refractivity contribution in [3.63, 3.8) is 0 Å². The van der Waals surface area contributed by atoms with E-state index in [1.54, 1.807) is 0 Å². The van der Waals surface area contributed by atoms with Crippen molar-refractivity contribution in [2.24, 2.45) is 0 Å². The van der Waals surface area contributed by atoms with Gasteiger partial charge in [0.25, 0.3) is 0 Å². The molecule has 242 valence electrons. The number of nitrogens with zero attached hydrogens (tertiary/aromatic N) is 3. The molecule has 0 unspecified atom stereocenters. The normalized spacial score (nSPS) is 14.2. The average Bonchev–Trinajstić information content (AvgIpc) is 3.73. The standard InChI is InChI=1S/C48H31N3Si/c1-2-16-32(17-3-1)49-40-22-8-12-26-44(40)52(45-27-13-9-23-41(45)49)46-28-14-10-24-42(46)50(43-25-11-15-29-47(43)52)33-30-36-34-18-4-6-20-38(34)51-39-21-7-5-19-35(39)37(31-33)48(36)51/h1-31H. The molecular weight excluding hydrogens is 647 g/mol. The summed E-state index contributed by atoms with van der Waals surface area (Å²) in [5.41, 5.74) is 11.2. The molecule has 0 saturated carbocycles. The van der Waals surface area contributed by atoms with Crippen molar-refractivity contribution in [1.82, 2.24) is 4.40 Å². The van der Waals surface area contributed by atoms with Crippen molar-refractivity contribution in [2.45, 2.75) is 0 Å². The van der Waals surface area contributed by atoms with Crippen molar-refractivity contribution in [3.8, 4) is 0 Å². The van der Waals surface area contributed by atoms with E-state index in [0.717, 1.165) is 0 Å². The summed E-state index contributed by atoms with van der Waals surface area (Å²) in [6, 6.07) is 70.3. The Balaban J connectivity index is 1.20. The van der Waals surface area contributed by atoms with Crippen LogP contribution >= 0.6 is 0 Å². The van der Waals surface area contributed by atoms with Crippen LogP contribution in [-0.4, -0.2) is 12.5 Å². The lowest BCUT2D eigenvalue weighted by molar-refractivity contribution is 1.27. The highest BCUT2D eigenvalue weighted by Gasteiger charge is 2.53.